The van der Waals surface area contributed by atoms with E-state index >= 15 is 0 Å². The van der Waals surface area contributed by atoms with Crippen molar-refractivity contribution in [3.05, 3.63) is 119 Å². The molecule has 4 aromatic carbocycles. The number of likely N-dealkylation sites (tertiary alicyclic amines) is 1. The molecule has 4 aromatic rings. The molecule has 4 bridgehead atoms. The van der Waals surface area contributed by atoms with Crippen LogP contribution in [-0.4, -0.2) is 70.0 Å². The Morgan fingerprint density at radius 1 is 0.900 bits per heavy atom. The number of methoxy groups -OCH3 is 1. The Bertz CT molecular complexity index is 1950. The van der Waals surface area contributed by atoms with Crippen LogP contribution in [0.25, 0.3) is 0 Å². The van der Waals surface area contributed by atoms with Gasteiger partial charge in [-0.15, -0.1) is 0 Å². The van der Waals surface area contributed by atoms with E-state index in [1.807, 2.05) is 24.3 Å². The molecule has 5 aliphatic rings. The van der Waals surface area contributed by atoms with Gasteiger partial charge in [0.2, 0.25) is 5.91 Å². The minimum Gasteiger partial charge on any atom is -0.493 e. The standard InChI is InChI=1S/C38H39N3O8S/c1-47-34-21-26-13-17-33(34)48-24-37(43)40-31-23-41(20-19-32(31)49-29-15-11-27(12-16-29)22-39-36(42)18-14-26)38(44)30-9-5-6-10-35(30)50(45,46)25-28-7-3-2-4-8-28/h2-13,15-17,21,31-32H,14,18-20,22-25H2,1H3,(H,39,42)(H,40,43)/t31-,32-/m1/s1. The summed E-state index contributed by atoms with van der Waals surface area (Å²) in [7, 11) is -2.35. The Morgan fingerprint density at radius 3 is 2.42 bits per heavy atom. The van der Waals surface area contributed by atoms with Gasteiger partial charge in [-0.3, -0.25) is 14.4 Å². The third-order valence-corrected chi connectivity index (χ3v) is 10.5. The molecule has 1 fully saturated rings. The maximum Gasteiger partial charge on any atom is 0.258 e. The van der Waals surface area contributed by atoms with Gasteiger partial charge in [0.05, 0.1) is 29.4 Å². The molecular formula is C38H39N3O8S. The summed E-state index contributed by atoms with van der Waals surface area (Å²) in [4.78, 5) is 41.4. The van der Waals surface area contributed by atoms with Crippen LogP contribution in [-0.2, 0) is 38.1 Å². The summed E-state index contributed by atoms with van der Waals surface area (Å²) >= 11 is 0. The smallest absolute Gasteiger partial charge is 0.258 e. The van der Waals surface area contributed by atoms with Crippen LogP contribution in [0.3, 0.4) is 0 Å². The van der Waals surface area contributed by atoms with Crippen LogP contribution < -0.4 is 24.8 Å². The number of sulfone groups is 1. The lowest BCUT2D eigenvalue weighted by Crippen LogP contribution is -2.58. The molecule has 2 atom stereocenters. The number of rotatable bonds is 5. The van der Waals surface area contributed by atoms with Gasteiger partial charge in [0, 0.05) is 32.5 Å². The number of hydrogen-bond acceptors (Lipinski definition) is 8. The average molecular weight is 698 g/mol. The van der Waals surface area contributed by atoms with Gasteiger partial charge in [-0.05, 0) is 59.5 Å². The Morgan fingerprint density at radius 2 is 1.64 bits per heavy atom. The van der Waals surface area contributed by atoms with Crippen molar-refractivity contribution >= 4 is 27.6 Å². The largest absolute Gasteiger partial charge is 0.493 e. The number of amides is 3. The number of aryl methyl sites for hydroxylation is 1. The zero-order valence-electron chi connectivity index (χ0n) is 27.7. The quantitative estimate of drug-likeness (QED) is 0.318. The third kappa shape index (κ3) is 8.43. The first-order chi connectivity index (χ1) is 24.2. The van der Waals surface area contributed by atoms with E-state index in [9.17, 15) is 22.8 Å². The van der Waals surface area contributed by atoms with E-state index in [2.05, 4.69) is 10.6 Å². The number of hydrogen-bond donors (Lipinski definition) is 2. The van der Waals surface area contributed by atoms with Crippen molar-refractivity contribution in [2.24, 2.45) is 0 Å². The summed E-state index contributed by atoms with van der Waals surface area (Å²) in [6, 6.07) is 27.0. The van der Waals surface area contributed by atoms with Gasteiger partial charge in [0.25, 0.3) is 11.8 Å². The lowest BCUT2D eigenvalue weighted by Gasteiger charge is -2.39. The Balaban J connectivity index is 1.24. The molecule has 50 heavy (non-hydrogen) atoms. The molecule has 9 rings (SSSR count). The van der Waals surface area contributed by atoms with Gasteiger partial charge >= 0.3 is 0 Å². The van der Waals surface area contributed by atoms with Gasteiger partial charge in [-0.1, -0.05) is 60.7 Å². The fourth-order valence-corrected chi connectivity index (χ4v) is 7.70. The first kappa shape index (κ1) is 34.5. The second-order valence-corrected chi connectivity index (χ2v) is 14.3. The van der Waals surface area contributed by atoms with E-state index < -0.39 is 33.8 Å². The molecule has 0 unspecified atom stereocenters. The second kappa shape index (κ2) is 15.5. The Labute approximate surface area is 291 Å². The zero-order valence-corrected chi connectivity index (χ0v) is 28.5. The number of carbonyl (C=O) groups excluding carboxylic acids is 3. The van der Waals surface area contributed by atoms with Crippen LogP contribution in [0.15, 0.2) is 102 Å². The highest BCUT2D eigenvalue weighted by Gasteiger charge is 2.36. The summed E-state index contributed by atoms with van der Waals surface area (Å²) in [6.07, 6.45) is 0.649. The Hall–Kier alpha value is -5.36. The second-order valence-electron chi connectivity index (χ2n) is 12.3. The summed E-state index contributed by atoms with van der Waals surface area (Å²) in [5.74, 6) is 0.145. The number of piperidine rings is 1. The van der Waals surface area contributed by atoms with Crippen LogP contribution in [0.5, 0.6) is 17.2 Å². The first-order valence-corrected chi connectivity index (χ1v) is 18.1. The summed E-state index contributed by atoms with van der Waals surface area (Å²) in [5.41, 5.74) is 2.47. The van der Waals surface area contributed by atoms with Gasteiger partial charge in [-0.2, -0.15) is 0 Å². The van der Waals surface area contributed by atoms with Crippen molar-refractivity contribution in [3.63, 3.8) is 0 Å². The van der Waals surface area contributed by atoms with Crippen molar-refractivity contribution in [1.29, 1.82) is 0 Å². The lowest BCUT2D eigenvalue weighted by molar-refractivity contribution is -0.125. The van der Waals surface area contributed by atoms with Crippen LogP contribution in [0.4, 0.5) is 0 Å². The first-order valence-electron chi connectivity index (χ1n) is 16.4. The fraction of sp³-hybridized carbons (Fsp3) is 0.289. The molecule has 0 saturated carbocycles. The summed E-state index contributed by atoms with van der Waals surface area (Å²) in [6.45, 7) is 0.374. The number of carbonyl (C=O) groups is 3. The number of nitrogens with one attached hydrogen (secondary N) is 2. The minimum atomic E-state index is -3.85. The molecule has 2 N–H and O–H groups in total. The van der Waals surface area contributed by atoms with E-state index in [4.69, 9.17) is 14.2 Å². The molecule has 0 radical (unpaired) electrons. The van der Waals surface area contributed by atoms with Gasteiger partial charge in [0.1, 0.15) is 11.9 Å². The van der Waals surface area contributed by atoms with Crippen molar-refractivity contribution < 1.29 is 37.0 Å². The monoisotopic (exact) mass is 697 g/mol. The van der Waals surface area contributed by atoms with Crippen LogP contribution >= 0.6 is 0 Å². The van der Waals surface area contributed by atoms with Crippen LogP contribution in [0.2, 0.25) is 0 Å². The van der Waals surface area contributed by atoms with Crippen LogP contribution in [0.1, 0.15) is 39.9 Å². The maximum atomic E-state index is 14.0. The number of ether oxygens (including phenoxy) is 3. The molecule has 5 aliphatic heterocycles. The molecule has 0 aromatic heterocycles. The van der Waals surface area contributed by atoms with Crippen molar-refractivity contribution in [2.75, 3.05) is 26.8 Å². The summed E-state index contributed by atoms with van der Waals surface area (Å²) < 4.78 is 44.8. The zero-order chi connectivity index (χ0) is 35.1. The molecule has 1 saturated heterocycles. The number of nitrogens with zero attached hydrogens (tertiary/aromatic N) is 1. The average Bonchev–Trinajstić information content (AvgIpc) is 3.13. The van der Waals surface area contributed by atoms with E-state index in [1.165, 1.54) is 19.2 Å². The van der Waals surface area contributed by atoms with E-state index in [-0.39, 0.29) is 41.8 Å². The van der Waals surface area contributed by atoms with Crippen LogP contribution in [0, 0.1) is 0 Å². The lowest BCUT2D eigenvalue weighted by atomic mass is 10.0. The molecule has 12 heteroatoms. The Kier molecular flexibility index (Phi) is 10.7. The maximum absolute atomic E-state index is 14.0. The highest BCUT2D eigenvalue weighted by molar-refractivity contribution is 7.90. The molecule has 11 nitrogen and oxygen atoms in total. The molecule has 5 heterocycles. The highest BCUT2D eigenvalue weighted by Crippen LogP contribution is 2.29. The number of benzene rings is 4. The summed E-state index contributed by atoms with van der Waals surface area (Å²) in [5, 5.41) is 5.94. The van der Waals surface area contributed by atoms with Gasteiger partial charge in [0.15, 0.2) is 27.9 Å². The van der Waals surface area contributed by atoms with E-state index in [0.29, 0.717) is 48.6 Å². The van der Waals surface area contributed by atoms with E-state index in [1.54, 1.807) is 65.6 Å². The predicted molar refractivity (Wildman–Crippen MR) is 186 cm³/mol. The van der Waals surface area contributed by atoms with Crippen molar-refractivity contribution in [1.82, 2.24) is 15.5 Å². The topological polar surface area (TPSA) is 140 Å². The van der Waals surface area contributed by atoms with E-state index in [0.717, 1.165) is 11.1 Å². The van der Waals surface area contributed by atoms with Crippen molar-refractivity contribution in [2.45, 2.75) is 48.6 Å². The predicted octanol–water partition coefficient (Wildman–Crippen LogP) is 4.09. The SMILES string of the molecule is COc1cc2ccc1OCC(=O)N[C@@H]1CN(C(=O)c3ccccc3S(=O)(=O)Cc3ccccc3)CC[C@H]1Oc1ccc(cc1)CNC(=O)CC2. The molecule has 260 valence electrons. The normalized spacial score (nSPS) is 18.5. The molecule has 0 spiro atoms. The van der Waals surface area contributed by atoms with Gasteiger partial charge in [-0.25, -0.2) is 8.42 Å². The third-order valence-electron chi connectivity index (χ3n) is 8.76. The molecular weight excluding hydrogens is 658 g/mol. The van der Waals surface area contributed by atoms with Crippen molar-refractivity contribution in [3.8, 4) is 17.2 Å². The highest BCUT2D eigenvalue weighted by atomic mass is 32.2. The molecule has 3 amide bonds. The fourth-order valence-electron chi connectivity index (χ4n) is 6.14. The molecule has 0 aliphatic carbocycles. The van der Waals surface area contributed by atoms with Gasteiger partial charge < -0.3 is 29.7 Å². The minimum absolute atomic E-state index is 0.0443.